The van der Waals surface area contributed by atoms with Crippen LogP contribution in [0.4, 0.5) is 5.82 Å². The normalized spacial score (nSPS) is 21.5. The third-order valence-electron chi connectivity index (χ3n) is 2.99. The van der Waals surface area contributed by atoms with Gasteiger partial charge in [0.25, 0.3) is 0 Å². The molecule has 0 radical (unpaired) electrons. The van der Waals surface area contributed by atoms with E-state index < -0.39 is 0 Å². The number of aryl methyl sites for hydroxylation is 2. The molecule has 1 fully saturated rings. The van der Waals surface area contributed by atoms with Crippen LogP contribution in [-0.2, 0) is 12.4 Å². The molecule has 1 saturated heterocycles. The molecule has 1 atom stereocenters. The summed E-state index contributed by atoms with van der Waals surface area (Å²) in [5.74, 6) is 2.51. The summed E-state index contributed by atoms with van der Waals surface area (Å²) in [4.78, 5) is 2.47. The third kappa shape index (κ3) is 2.25. The van der Waals surface area contributed by atoms with Crippen molar-refractivity contribution in [3.8, 4) is 0 Å². The Kier molecular flexibility index (Phi) is 3.85. The maximum atomic E-state index is 4.52. The van der Waals surface area contributed by atoms with E-state index in [1.807, 2.05) is 11.7 Å². The Labute approximate surface area is 110 Å². The maximum Gasteiger partial charge on any atom is 0.130 e. The highest BCUT2D eigenvalue weighted by Gasteiger charge is 2.23. The first-order valence-electron chi connectivity index (χ1n) is 5.58. The predicted octanol–water partition coefficient (Wildman–Crippen LogP) is 2.57. The molecule has 0 amide bonds. The highest BCUT2D eigenvalue weighted by Crippen LogP contribution is 2.29. The third-order valence-corrected chi connectivity index (χ3v) is 4.68. The molecule has 1 aliphatic rings. The molecule has 0 aliphatic carbocycles. The predicted molar refractivity (Wildman–Crippen MR) is 74.7 cm³/mol. The molecule has 0 aromatic carbocycles. The lowest BCUT2D eigenvalue weighted by Gasteiger charge is -2.32. The molecule has 1 unspecified atom stereocenters. The number of rotatable bonds is 2. The van der Waals surface area contributed by atoms with Gasteiger partial charge in [-0.25, -0.2) is 0 Å². The molecule has 3 nitrogen and oxygen atoms in total. The Morgan fingerprint density at radius 1 is 1.56 bits per heavy atom. The van der Waals surface area contributed by atoms with Gasteiger partial charge in [0.2, 0.25) is 0 Å². The van der Waals surface area contributed by atoms with Crippen molar-refractivity contribution in [1.82, 2.24) is 9.78 Å². The lowest BCUT2D eigenvalue weighted by Crippen LogP contribution is -2.38. The number of halogens is 1. The van der Waals surface area contributed by atoms with Crippen LogP contribution in [-0.4, -0.2) is 33.9 Å². The minimum atomic E-state index is 0.715. The lowest BCUT2D eigenvalue weighted by molar-refractivity contribution is 0.693. The van der Waals surface area contributed by atoms with Crippen molar-refractivity contribution in [3.05, 3.63) is 11.3 Å². The van der Waals surface area contributed by atoms with Crippen molar-refractivity contribution in [1.29, 1.82) is 0 Å². The molecule has 1 aromatic rings. The first-order valence-corrected chi connectivity index (χ1v) is 7.75. The Morgan fingerprint density at radius 2 is 2.31 bits per heavy atom. The van der Waals surface area contributed by atoms with E-state index in [-0.39, 0.29) is 0 Å². The Bertz CT molecular complexity index is 378. The minimum absolute atomic E-state index is 0.715. The smallest absolute Gasteiger partial charge is 0.130 e. The molecule has 90 valence electrons. The van der Waals surface area contributed by atoms with Gasteiger partial charge in [-0.1, -0.05) is 22.9 Å². The average molecular weight is 304 g/mol. The van der Waals surface area contributed by atoms with Crippen molar-refractivity contribution in [3.63, 3.8) is 0 Å². The molecule has 2 heterocycles. The van der Waals surface area contributed by atoms with E-state index in [1.165, 1.54) is 17.1 Å². The summed E-state index contributed by atoms with van der Waals surface area (Å²) in [5.41, 5.74) is 2.47. The Morgan fingerprint density at radius 3 is 2.94 bits per heavy atom. The van der Waals surface area contributed by atoms with E-state index in [9.17, 15) is 0 Å². The number of thioether (sulfide) groups is 1. The molecule has 0 spiro atoms. The quantitative estimate of drug-likeness (QED) is 0.784. The van der Waals surface area contributed by atoms with E-state index in [2.05, 4.69) is 51.5 Å². The fraction of sp³-hybridized carbons (Fsp3) is 0.727. The van der Waals surface area contributed by atoms with Crippen LogP contribution >= 0.6 is 27.7 Å². The monoisotopic (exact) mass is 303 g/mol. The van der Waals surface area contributed by atoms with E-state index in [0.717, 1.165) is 24.1 Å². The maximum absolute atomic E-state index is 4.52. The van der Waals surface area contributed by atoms with Gasteiger partial charge in [-0.2, -0.15) is 16.9 Å². The molecule has 1 aromatic heterocycles. The van der Waals surface area contributed by atoms with Gasteiger partial charge in [-0.15, -0.1) is 0 Å². The van der Waals surface area contributed by atoms with Gasteiger partial charge in [0.1, 0.15) is 5.82 Å². The van der Waals surface area contributed by atoms with Crippen LogP contribution in [0.1, 0.15) is 18.2 Å². The number of hydrogen-bond acceptors (Lipinski definition) is 3. The van der Waals surface area contributed by atoms with Gasteiger partial charge in [0.15, 0.2) is 0 Å². The van der Waals surface area contributed by atoms with E-state index in [0.29, 0.717) is 5.25 Å². The summed E-state index contributed by atoms with van der Waals surface area (Å²) in [6.07, 6.45) is 0. The second-order valence-electron chi connectivity index (χ2n) is 4.27. The van der Waals surface area contributed by atoms with Crippen LogP contribution in [0.25, 0.3) is 0 Å². The largest absolute Gasteiger partial charge is 0.355 e. The van der Waals surface area contributed by atoms with Gasteiger partial charge in [0, 0.05) is 42.0 Å². The lowest BCUT2D eigenvalue weighted by atomic mass is 10.2. The second-order valence-corrected chi connectivity index (χ2v) is 6.38. The molecule has 2 rings (SSSR count). The fourth-order valence-electron chi connectivity index (χ4n) is 2.25. The highest BCUT2D eigenvalue weighted by molar-refractivity contribution is 9.08. The summed E-state index contributed by atoms with van der Waals surface area (Å²) < 4.78 is 2.02. The number of alkyl halides is 1. The minimum Gasteiger partial charge on any atom is -0.355 e. The Hall–Kier alpha value is -0.160. The van der Waals surface area contributed by atoms with Gasteiger partial charge in [0.05, 0.1) is 5.69 Å². The topological polar surface area (TPSA) is 21.1 Å². The van der Waals surface area contributed by atoms with E-state index in [4.69, 9.17) is 0 Å². The number of aromatic nitrogens is 2. The first-order chi connectivity index (χ1) is 7.63. The molecule has 5 heteroatoms. The van der Waals surface area contributed by atoms with Crippen molar-refractivity contribution in [2.45, 2.75) is 24.4 Å². The zero-order chi connectivity index (χ0) is 11.7. The molecule has 1 aliphatic heterocycles. The summed E-state index contributed by atoms with van der Waals surface area (Å²) >= 11 is 5.63. The first kappa shape index (κ1) is 12.3. The second kappa shape index (κ2) is 5.00. The average Bonchev–Trinajstić information content (AvgIpc) is 2.52. The van der Waals surface area contributed by atoms with Crippen LogP contribution in [0.3, 0.4) is 0 Å². The van der Waals surface area contributed by atoms with Crippen LogP contribution < -0.4 is 4.90 Å². The van der Waals surface area contributed by atoms with Crippen molar-refractivity contribution >= 4 is 33.5 Å². The Balaban J connectivity index is 2.31. The van der Waals surface area contributed by atoms with Gasteiger partial charge < -0.3 is 4.90 Å². The summed E-state index contributed by atoms with van der Waals surface area (Å²) in [5, 5.41) is 6.12. The zero-order valence-electron chi connectivity index (χ0n) is 10.0. The number of hydrogen-bond donors (Lipinski definition) is 0. The summed E-state index contributed by atoms with van der Waals surface area (Å²) in [6, 6.07) is 0. The van der Waals surface area contributed by atoms with E-state index >= 15 is 0 Å². The van der Waals surface area contributed by atoms with Crippen molar-refractivity contribution in [2.75, 3.05) is 23.7 Å². The van der Waals surface area contributed by atoms with Gasteiger partial charge in [-0.05, 0) is 6.92 Å². The summed E-state index contributed by atoms with van der Waals surface area (Å²) in [7, 11) is 2.04. The molecule has 0 bridgehead atoms. The summed E-state index contributed by atoms with van der Waals surface area (Å²) in [6.45, 7) is 6.65. The van der Waals surface area contributed by atoms with Crippen LogP contribution in [0.2, 0.25) is 0 Å². The van der Waals surface area contributed by atoms with Gasteiger partial charge in [-0.3, -0.25) is 4.68 Å². The van der Waals surface area contributed by atoms with Crippen molar-refractivity contribution < 1.29 is 0 Å². The highest BCUT2D eigenvalue weighted by atomic mass is 79.9. The van der Waals surface area contributed by atoms with Crippen LogP contribution in [0.5, 0.6) is 0 Å². The van der Waals surface area contributed by atoms with Crippen molar-refractivity contribution in [2.24, 2.45) is 7.05 Å². The number of nitrogens with zero attached hydrogens (tertiary/aromatic N) is 3. The van der Waals surface area contributed by atoms with Gasteiger partial charge >= 0.3 is 0 Å². The number of anilines is 1. The van der Waals surface area contributed by atoms with Crippen LogP contribution in [0.15, 0.2) is 0 Å². The van der Waals surface area contributed by atoms with Crippen LogP contribution in [0, 0.1) is 6.92 Å². The zero-order valence-corrected chi connectivity index (χ0v) is 12.4. The standard InChI is InChI=1S/C11H18BrN3S/c1-8-7-15(4-5-16-8)11-10(6-12)9(2)13-14(11)3/h8H,4-7H2,1-3H3. The molecular formula is C11H18BrN3S. The SMILES string of the molecule is Cc1nn(C)c(N2CCSC(C)C2)c1CBr. The molecule has 0 saturated carbocycles. The fourth-order valence-corrected chi connectivity index (χ4v) is 3.92. The molecule has 0 N–H and O–H groups in total. The van der Waals surface area contributed by atoms with E-state index in [1.54, 1.807) is 0 Å². The molecule has 16 heavy (non-hydrogen) atoms. The molecular weight excluding hydrogens is 286 g/mol.